The largest absolute Gasteiger partial charge is 0.394 e. The summed E-state index contributed by atoms with van der Waals surface area (Å²) in [5, 5.41) is 19.6. The summed E-state index contributed by atoms with van der Waals surface area (Å²) >= 11 is 0. The van der Waals surface area contributed by atoms with E-state index in [0.29, 0.717) is 6.54 Å². The van der Waals surface area contributed by atoms with Gasteiger partial charge in [0, 0.05) is 24.2 Å². The highest BCUT2D eigenvalue weighted by atomic mass is 16.3. The van der Waals surface area contributed by atoms with E-state index >= 15 is 0 Å². The number of anilines is 1. The maximum atomic E-state index is 13.5. The molecule has 4 N–H and O–H groups in total. The number of rotatable bonds is 9. The minimum absolute atomic E-state index is 0.0105. The van der Waals surface area contributed by atoms with Gasteiger partial charge < -0.3 is 26.0 Å². The molecule has 1 saturated heterocycles. The molecule has 7 heteroatoms. The number of hydrogen-bond acceptors (Lipinski definition) is 4. The molecule has 1 saturated carbocycles. The van der Waals surface area contributed by atoms with Crippen molar-refractivity contribution in [3.05, 3.63) is 102 Å². The quantitative estimate of drug-likeness (QED) is 0.277. The predicted molar refractivity (Wildman–Crippen MR) is 162 cm³/mol. The Morgan fingerprint density at radius 1 is 0.854 bits per heavy atom. The minimum atomic E-state index is -0.406. The highest BCUT2D eigenvalue weighted by Crippen LogP contribution is 2.38. The van der Waals surface area contributed by atoms with Crippen LogP contribution in [0.1, 0.15) is 67.2 Å². The SMILES string of the molecule is O=C(NC(CO)c1ccccc1)C1CCCCC1c1ccc(CN(C(=O)Nc2ccccc2)C2CCNCC2)cc1. The van der Waals surface area contributed by atoms with Crippen molar-refractivity contribution in [1.29, 1.82) is 0 Å². The average molecular weight is 555 g/mol. The van der Waals surface area contributed by atoms with Crippen LogP contribution in [0.4, 0.5) is 10.5 Å². The van der Waals surface area contributed by atoms with E-state index in [4.69, 9.17) is 0 Å². The van der Waals surface area contributed by atoms with Gasteiger partial charge in [-0.05, 0) is 73.5 Å². The van der Waals surface area contributed by atoms with E-state index in [2.05, 4.69) is 40.2 Å². The monoisotopic (exact) mass is 554 g/mol. The van der Waals surface area contributed by atoms with Crippen molar-refractivity contribution in [2.24, 2.45) is 5.92 Å². The number of nitrogens with one attached hydrogen (secondary N) is 3. The number of nitrogens with zero attached hydrogens (tertiary/aromatic N) is 1. The maximum Gasteiger partial charge on any atom is 0.322 e. The van der Waals surface area contributed by atoms with E-state index in [-0.39, 0.29) is 36.4 Å². The molecular formula is C34H42N4O3. The molecule has 3 unspecified atom stereocenters. The zero-order valence-corrected chi connectivity index (χ0v) is 23.7. The summed E-state index contributed by atoms with van der Waals surface area (Å²) in [4.78, 5) is 28.8. The van der Waals surface area contributed by atoms with Gasteiger partial charge in [-0.3, -0.25) is 4.79 Å². The summed E-state index contributed by atoms with van der Waals surface area (Å²) in [5.74, 6) is 0.0152. The van der Waals surface area contributed by atoms with Crippen LogP contribution in [0.3, 0.4) is 0 Å². The molecule has 2 aliphatic rings. The molecule has 41 heavy (non-hydrogen) atoms. The lowest BCUT2D eigenvalue weighted by molar-refractivity contribution is -0.127. The number of carbonyl (C=O) groups excluding carboxylic acids is 2. The summed E-state index contributed by atoms with van der Waals surface area (Å²) in [6, 6.07) is 27.5. The third-order valence-electron chi connectivity index (χ3n) is 8.60. The Hall–Kier alpha value is -3.68. The second-order valence-electron chi connectivity index (χ2n) is 11.3. The van der Waals surface area contributed by atoms with Crippen LogP contribution < -0.4 is 16.0 Å². The topological polar surface area (TPSA) is 93.7 Å². The number of benzene rings is 3. The molecule has 216 valence electrons. The molecule has 1 aliphatic heterocycles. The fourth-order valence-electron chi connectivity index (χ4n) is 6.31. The standard InChI is InChI=1S/C34H42N4O3/c39-24-32(27-9-3-1-4-10-27)37-33(40)31-14-8-7-13-30(31)26-17-15-25(16-18-26)23-38(29-19-21-35-22-20-29)34(41)36-28-11-5-2-6-12-28/h1-6,9-12,15-18,29-32,35,39H,7-8,13-14,19-24H2,(H,36,41)(H,37,40). The first-order chi connectivity index (χ1) is 20.1. The second-order valence-corrected chi connectivity index (χ2v) is 11.3. The van der Waals surface area contributed by atoms with Crippen LogP contribution in [0.15, 0.2) is 84.9 Å². The van der Waals surface area contributed by atoms with E-state index < -0.39 is 6.04 Å². The molecule has 0 radical (unpaired) electrons. The highest BCUT2D eigenvalue weighted by molar-refractivity contribution is 5.89. The minimum Gasteiger partial charge on any atom is -0.394 e. The van der Waals surface area contributed by atoms with Crippen molar-refractivity contribution in [3.8, 4) is 0 Å². The van der Waals surface area contributed by atoms with Gasteiger partial charge in [0.15, 0.2) is 0 Å². The van der Waals surface area contributed by atoms with E-state index in [1.165, 1.54) is 0 Å². The third-order valence-corrected chi connectivity index (χ3v) is 8.60. The normalized spacial score (nSPS) is 20.1. The van der Waals surface area contributed by atoms with Crippen molar-refractivity contribution in [2.75, 3.05) is 25.0 Å². The Labute approximate surface area is 243 Å². The number of amides is 3. The lowest BCUT2D eigenvalue weighted by atomic mass is 9.74. The van der Waals surface area contributed by atoms with Crippen LogP contribution in [0.2, 0.25) is 0 Å². The van der Waals surface area contributed by atoms with Crippen molar-refractivity contribution in [1.82, 2.24) is 15.5 Å². The Morgan fingerprint density at radius 2 is 1.51 bits per heavy atom. The number of carbonyl (C=O) groups is 2. The molecule has 7 nitrogen and oxygen atoms in total. The zero-order chi connectivity index (χ0) is 28.4. The van der Waals surface area contributed by atoms with Crippen molar-refractivity contribution in [3.63, 3.8) is 0 Å². The molecule has 3 aromatic carbocycles. The first kappa shape index (κ1) is 28.8. The Balaban J connectivity index is 1.28. The van der Waals surface area contributed by atoms with Crippen LogP contribution in [-0.2, 0) is 11.3 Å². The number of piperidine rings is 1. The maximum absolute atomic E-state index is 13.5. The van der Waals surface area contributed by atoms with Crippen LogP contribution in [-0.4, -0.2) is 47.7 Å². The lowest BCUT2D eigenvalue weighted by Gasteiger charge is -2.35. The summed E-state index contributed by atoms with van der Waals surface area (Å²) in [6.07, 6.45) is 5.79. The van der Waals surface area contributed by atoms with E-state index in [1.54, 1.807) is 0 Å². The number of urea groups is 1. The highest BCUT2D eigenvalue weighted by Gasteiger charge is 2.33. The Bertz CT molecular complexity index is 1250. The van der Waals surface area contributed by atoms with Crippen LogP contribution in [0.25, 0.3) is 0 Å². The molecule has 3 atom stereocenters. The molecule has 5 rings (SSSR count). The van der Waals surface area contributed by atoms with Crippen LogP contribution in [0, 0.1) is 5.92 Å². The molecule has 2 fully saturated rings. The number of para-hydroxylation sites is 1. The smallest absolute Gasteiger partial charge is 0.322 e. The molecule has 0 spiro atoms. The van der Waals surface area contributed by atoms with Gasteiger partial charge in [0.05, 0.1) is 12.6 Å². The average Bonchev–Trinajstić information content (AvgIpc) is 3.04. The van der Waals surface area contributed by atoms with Crippen molar-refractivity contribution < 1.29 is 14.7 Å². The molecule has 0 aromatic heterocycles. The summed E-state index contributed by atoms with van der Waals surface area (Å²) in [7, 11) is 0. The molecule has 1 heterocycles. The first-order valence-electron chi connectivity index (χ1n) is 15.0. The van der Waals surface area contributed by atoms with Gasteiger partial charge in [0.1, 0.15) is 0 Å². The fourth-order valence-corrected chi connectivity index (χ4v) is 6.31. The molecule has 0 bridgehead atoms. The Kier molecular flexibility index (Phi) is 10.0. The van der Waals surface area contributed by atoms with Gasteiger partial charge in [-0.25, -0.2) is 4.79 Å². The third kappa shape index (κ3) is 7.54. The molecular weight excluding hydrogens is 512 g/mol. The van der Waals surface area contributed by atoms with Gasteiger partial charge in [0.25, 0.3) is 0 Å². The number of aliphatic hydroxyl groups excluding tert-OH is 1. The Morgan fingerprint density at radius 3 is 2.20 bits per heavy atom. The van der Waals surface area contributed by atoms with Gasteiger partial charge in [0.2, 0.25) is 5.91 Å². The van der Waals surface area contributed by atoms with Gasteiger partial charge in [-0.1, -0.05) is 85.6 Å². The predicted octanol–water partition coefficient (Wildman–Crippen LogP) is 5.60. The van der Waals surface area contributed by atoms with Crippen LogP contribution in [0.5, 0.6) is 0 Å². The summed E-state index contributed by atoms with van der Waals surface area (Å²) < 4.78 is 0. The number of aliphatic hydroxyl groups is 1. The lowest BCUT2D eigenvalue weighted by Crippen LogP contribution is -2.47. The van der Waals surface area contributed by atoms with E-state index in [9.17, 15) is 14.7 Å². The number of hydrogen-bond donors (Lipinski definition) is 4. The molecule has 3 amide bonds. The zero-order valence-electron chi connectivity index (χ0n) is 23.7. The van der Waals surface area contributed by atoms with Gasteiger partial charge in [-0.15, -0.1) is 0 Å². The van der Waals surface area contributed by atoms with Gasteiger partial charge >= 0.3 is 6.03 Å². The van der Waals surface area contributed by atoms with Crippen molar-refractivity contribution in [2.45, 2.75) is 63.1 Å². The van der Waals surface area contributed by atoms with E-state index in [0.717, 1.165) is 74.0 Å². The van der Waals surface area contributed by atoms with Gasteiger partial charge in [-0.2, -0.15) is 0 Å². The summed E-state index contributed by atoms with van der Waals surface area (Å²) in [5.41, 5.74) is 3.95. The van der Waals surface area contributed by atoms with Crippen LogP contribution >= 0.6 is 0 Å². The van der Waals surface area contributed by atoms with E-state index in [1.807, 2.05) is 65.6 Å². The molecule has 1 aliphatic carbocycles. The second kappa shape index (κ2) is 14.3. The first-order valence-corrected chi connectivity index (χ1v) is 15.0. The molecule has 3 aromatic rings. The fraction of sp³-hybridized carbons (Fsp3) is 0.412. The van der Waals surface area contributed by atoms with Crippen molar-refractivity contribution >= 4 is 17.6 Å². The summed E-state index contributed by atoms with van der Waals surface area (Å²) in [6.45, 7) is 2.22.